The van der Waals surface area contributed by atoms with Gasteiger partial charge >= 0.3 is 0 Å². The van der Waals surface area contributed by atoms with E-state index in [-0.39, 0.29) is 11.8 Å². The van der Waals surface area contributed by atoms with Crippen LogP contribution in [-0.2, 0) is 4.79 Å². The SMILES string of the molecule is O=C(Nc1ccccc1-c1ccccc1)C1CCCN(c2ccc(-n3cncn3)nn2)C1. The van der Waals surface area contributed by atoms with Gasteiger partial charge in [0.2, 0.25) is 5.91 Å². The first-order valence-corrected chi connectivity index (χ1v) is 10.7. The van der Waals surface area contributed by atoms with Crippen molar-refractivity contribution in [2.24, 2.45) is 5.92 Å². The number of aromatic nitrogens is 5. The van der Waals surface area contributed by atoms with Crippen molar-refractivity contribution in [3.8, 4) is 16.9 Å². The number of hydrogen-bond donors (Lipinski definition) is 1. The molecule has 8 nitrogen and oxygen atoms in total. The minimum Gasteiger partial charge on any atom is -0.354 e. The average molecular weight is 425 g/mol. The van der Waals surface area contributed by atoms with Crippen LogP contribution in [0.5, 0.6) is 0 Å². The fourth-order valence-corrected chi connectivity index (χ4v) is 4.03. The van der Waals surface area contributed by atoms with Crippen LogP contribution in [0.1, 0.15) is 12.8 Å². The second-order valence-corrected chi connectivity index (χ2v) is 7.78. The fourth-order valence-electron chi connectivity index (χ4n) is 4.03. The first kappa shape index (κ1) is 19.9. The molecular formula is C24H23N7O. The lowest BCUT2D eigenvalue weighted by molar-refractivity contribution is -0.120. The Bertz CT molecular complexity index is 1180. The number of rotatable bonds is 5. The molecule has 1 atom stereocenters. The Morgan fingerprint density at radius 2 is 1.72 bits per heavy atom. The maximum Gasteiger partial charge on any atom is 0.229 e. The van der Waals surface area contributed by atoms with Gasteiger partial charge in [0, 0.05) is 24.3 Å². The molecule has 1 aliphatic heterocycles. The second-order valence-electron chi connectivity index (χ2n) is 7.78. The van der Waals surface area contributed by atoms with Crippen molar-refractivity contribution in [3.05, 3.63) is 79.4 Å². The minimum atomic E-state index is -0.121. The maximum atomic E-state index is 13.1. The predicted octanol–water partition coefficient (Wildman–Crippen LogP) is 3.58. The fraction of sp³-hybridized carbons (Fsp3) is 0.208. The molecule has 1 amide bonds. The maximum absolute atomic E-state index is 13.1. The molecule has 3 heterocycles. The molecule has 1 fully saturated rings. The van der Waals surface area contributed by atoms with E-state index >= 15 is 0 Å². The van der Waals surface area contributed by atoms with Gasteiger partial charge in [0.1, 0.15) is 12.7 Å². The van der Waals surface area contributed by atoms with Crippen LogP contribution >= 0.6 is 0 Å². The van der Waals surface area contributed by atoms with Crippen LogP contribution in [0.15, 0.2) is 79.4 Å². The quantitative estimate of drug-likeness (QED) is 0.526. The van der Waals surface area contributed by atoms with Crippen LogP contribution in [0.2, 0.25) is 0 Å². The number of hydrogen-bond acceptors (Lipinski definition) is 6. The zero-order chi connectivity index (χ0) is 21.8. The van der Waals surface area contributed by atoms with Crippen LogP contribution < -0.4 is 10.2 Å². The lowest BCUT2D eigenvalue weighted by Crippen LogP contribution is -2.41. The molecule has 2 aromatic heterocycles. The lowest BCUT2D eigenvalue weighted by Gasteiger charge is -2.32. The van der Waals surface area contributed by atoms with Gasteiger partial charge in [0.15, 0.2) is 11.6 Å². The van der Waals surface area contributed by atoms with Crippen LogP contribution in [0, 0.1) is 5.92 Å². The van der Waals surface area contributed by atoms with E-state index in [1.807, 2.05) is 54.6 Å². The summed E-state index contributed by atoms with van der Waals surface area (Å²) in [6.45, 7) is 1.46. The summed E-state index contributed by atoms with van der Waals surface area (Å²) < 4.78 is 1.56. The summed E-state index contributed by atoms with van der Waals surface area (Å²) in [7, 11) is 0. The summed E-state index contributed by atoms with van der Waals surface area (Å²) in [5, 5.41) is 15.8. The summed E-state index contributed by atoms with van der Waals surface area (Å²) in [4.78, 5) is 19.2. The van der Waals surface area contributed by atoms with E-state index in [0.29, 0.717) is 12.4 Å². The summed E-state index contributed by atoms with van der Waals surface area (Å²) >= 11 is 0. The standard InChI is InChI=1S/C24H23N7O/c32-24(27-21-11-5-4-10-20(21)18-7-2-1-3-8-18)19-9-6-14-30(15-19)22-12-13-23(29-28-22)31-17-25-16-26-31/h1-5,7-8,10-13,16-17,19H,6,9,14-15H2,(H,27,32). The van der Waals surface area contributed by atoms with Gasteiger partial charge in [0.05, 0.1) is 5.92 Å². The van der Waals surface area contributed by atoms with E-state index < -0.39 is 0 Å². The molecule has 160 valence electrons. The molecule has 4 aromatic rings. The summed E-state index contributed by atoms with van der Waals surface area (Å²) in [5.74, 6) is 1.28. The van der Waals surface area contributed by atoms with Gasteiger partial charge in [-0.2, -0.15) is 5.10 Å². The van der Waals surface area contributed by atoms with Crippen molar-refractivity contribution >= 4 is 17.4 Å². The van der Waals surface area contributed by atoms with Crippen LogP contribution in [0.25, 0.3) is 16.9 Å². The number of piperidine rings is 1. The number of amides is 1. The molecule has 5 rings (SSSR count). The number of carbonyl (C=O) groups is 1. The Balaban J connectivity index is 1.29. The predicted molar refractivity (Wildman–Crippen MR) is 122 cm³/mol. The topological polar surface area (TPSA) is 88.8 Å². The average Bonchev–Trinajstić information content (AvgIpc) is 3.40. The van der Waals surface area contributed by atoms with Crippen molar-refractivity contribution in [2.75, 3.05) is 23.3 Å². The van der Waals surface area contributed by atoms with Gasteiger partial charge in [-0.3, -0.25) is 4.79 Å². The van der Waals surface area contributed by atoms with E-state index in [1.54, 1.807) is 11.0 Å². The van der Waals surface area contributed by atoms with Gasteiger partial charge < -0.3 is 10.2 Å². The largest absolute Gasteiger partial charge is 0.354 e. The summed E-state index contributed by atoms with van der Waals surface area (Å²) in [5.41, 5.74) is 2.93. The molecule has 1 aliphatic rings. The first-order valence-electron chi connectivity index (χ1n) is 10.7. The number of anilines is 2. The van der Waals surface area contributed by atoms with Gasteiger partial charge in [-0.05, 0) is 36.6 Å². The zero-order valence-electron chi connectivity index (χ0n) is 17.5. The van der Waals surface area contributed by atoms with E-state index in [2.05, 4.69) is 42.6 Å². The Hall–Kier alpha value is -4.07. The van der Waals surface area contributed by atoms with Crippen molar-refractivity contribution in [1.29, 1.82) is 0 Å². The minimum absolute atomic E-state index is 0.0327. The van der Waals surface area contributed by atoms with Gasteiger partial charge in [-0.25, -0.2) is 9.67 Å². The number of benzene rings is 2. The van der Waals surface area contributed by atoms with Gasteiger partial charge in [-0.1, -0.05) is 48.5 Å². The third-order valence-electron chi connectivity index (χ3n) is 5.68. The van der Waals surface area contributed by atoms with Crippen LogP contribution in [0.3, 0.4) is 0 Å². The smallest absolute Gasteiger partial charge is 0.229 e. The monoisotopic (exact) mass is 425 g/mol. The van der Waals surface area contributed by atoms with E-state index in [9.17, 15) is 4.79 Å². The molecule has 1 saturated heterocycles. The Morgan fingerprint density at radius 3 is 2.50 bits per heavy atom. The van der Waals surface area contributed by atoms with Crippen molar-refractivity contribution in [3.63, 3.8) is 0 Å². The third-order valence-corrected chi connectivity index (χ3v) is 5.68. The molecule has 1 N–H and O–H groups in total. The van der Waals surface area contributed by atoms with E-state index in [0.717, 1.165) is 42.0 Å². The highest BCUT2D eigenvalue weighted by molar-refractivity contribution is 5.97. The van der Waals surface area contributed by atoms with E-state index in [4.69, 9.17) is 0 Å². The lowest BCUT2D eigenvalue weighted by atomic mass is 9.96. The molecule has 0 spiro atoms. The Kier molecular flexibility index (Phi) is 5.57. The molecule has 2 aromatic carbocycles. The molecule has 0 saturated carbocycles. The molecule has 0 aliphatic carbocycles. The van der Waals surface area contributed by atoms with Crippen molar-refractivity contribution in [1.82, 2.24) is 25.0 Å². The van der Waals surface area contributed by atoms with E-state index in [1.165, 1.54) is 6.33 Å². The molecule has 32 heavy (non-hydrogen) atoms. The summed E-state index contributed by atoms with van der Waals surface area (Å²) in [6, 6.07) is 21.8. The van der Waals surface area contributed by atoms with Crippen molar-refractivity contribution in [2.45, 2.75) is 12.8 Å². The molecular weight excluding hydrogens is 402 g/mol. The molecule has 1 unspecified atom stereocenters. The van der Waals surface area contributed by atoms with Crippen molar-refractivity contribution < 1.29 is 4.79 Å². The summed E-state index contributed by atoms with van der Waals surface area (Å²) in [6.07, 6.45) is 4.81. The second kappa shape index (κ2) is 8.97. The normalized spacial score (nSPS) is 16.0. The Morgan fingerprint density at radius 1 is 0.938 bits per heavy atom. The van der Waals surface area contributed by atoms with Gasteiger partial charge in [0.25, 0.3) is 0 Å². The molecule has 0 radical (unpaired) electrons. The highest BCUT2D eigenvalue weighted by Crippen LogP contribution is 2.29. The Labute approximate surface area is 185 Å². The highest BCUT2D eigenvalue weighted by Gasteiger charge is 2.27. The zero-order valence-corrected chi connectivity index (χ0v) is 17.5. The highest BCUT2D eigenvalue weighted by atomic mass is 16.1. The van der Waals surface area contributed by atoms with Crippen LogP contribution in [-0.4, -0.2) is 44.0 Å². The third kappa shape index (κ3) is 4.20. The number of para-hydroxylation sites is 1. The number of nitrogens with zero attached hydrogens (tertiary/aromatic N) is 6. The first-order chi connectivity index (χ1) is 15.8. The number of carbonyl (C=O) groups excluding carboxylic acids is 1. The number of nitrogens with one attached hydrogen (secondary N) is 1. The molecule has 8 heteroatoms. The van der Waals surface area contributed by atoms with Crippen LogP contribution in [0.4, 0.5) is 11.5 Å². The molecule has 0 bridgehead atoms. The van der Waals surface area contributed by atoms with Gasteiger partial charge in [-0.15, -0.1) is 10.2 Å².